The van der Waals surface area contributed by atoms with Gasteiger partial charge in [-0.25, -0.2) is 0 Å². The minimum Gasteiger partial charge on any atom is -0.487 e. The summed E-state index contributed by atoms with van der Waals surface area (Å²) in [5, 5.41) is 17.4. The highest BCUT2D eigenvalue weighted by Crippen LogP contribution is 2.30. The Morgan fingerprint density at radius 3 is 2.38 bits per heavy atom. The number of hydrogen-bond acceptors (Lipinski definition) is 5. The third-order valence-corrected chi connectivity index (χ3v) is 6.36. The predicted octanol–water partition coefficient (Wildman–Crippen LogP) is 6.98. The summed E-state index contributed by atoms with van der Waals surface area (Å²) in [4.78, 5) is 10.3. The van der Waals surface area contributed by atoms with E-state index in [1.807, 2.05) is 24.3 Å². The number of rotatable bonds is 7. The smallest absolute Gasteiger partial charge is 0.269 e. The number of ether oxygens (including phenoxy) is 1. The van der Waals surface area contributed by atoms with E-state index in [4.69, 9.17) is 4.74 Å². The average molecular weight is 649 g/mol. The minimum absolute atomic E-state index is 0.0442. The number of hydrogen-bond donors (Lipinski definition) is 1. The highest BCUT2D eigenvalue weighted by molar-refractivity contribution is 14.1. The van der Waals surface area contributed by atoms with Gasteiger partial charge in [-0.05, 0) is 91.3 Å². The van der Waals surface area contributed by atoms with Crippen molar-refractivity contribution in [2.45, 2.75) is 6.61 Å². The van der Waals surface area contributed by atoms with Crippen LogP contribution in [0.2, 0.25) is 0 Å². The monoisotopic (exact) mass is 649 g/mol. The molecule has 4 rings (SSSR count). The lowest BCUT2D eigenvalue weighted by atomic mass is 10.1. The molecule has 0 bridgehead atoms. The van der Waals surface area contributed by atoms with Crippen LogP contribution in [0.15, 0.2) is 84.0 Å². The Hall–Kier alpha value is -2.73. The first-order chi connectivity index (χ1) is 15.5. The van der Waals surface area contributed by atoms with Gasteiger partial charge in [-0.3, -0.25) is 15.5 Å². The Kier molecular flexibility index (Phi) is 7.20. The van der Waals surface area contributed by atoms with E-state index in [9.17, 15) is 10.1 Å². The Bertz CT molecular complexity index is 1280. The molecule has 1 N–H and O–H groups in total. The van der Waals surface area contributed by atoms with Gasteiger partial charge >= 0.3 is 0 Å². The molecule has 8 heteroatoms. The summed E-state index contributed by atoms with van der Waals surface area (Å²) in [5.74, 6) is 0.847. The zero-order valence-corrected chi connectivity index (χ0v) is 21.0. The molecule has 0 saturated carbocycles. The van der Waals surface area contributed by atoms with E-state index in [2.05, 4.69) is 86.0 Å². The molecule has 6 nitrogen and oxygen atoms in total. The van der Waals surface area contributed by atoms with Crippen molar-refractivity contribution in [3.63, 3.8) is 0 Å². The normalized spacial score (nSPS) is 11.1. The van der Waals surface area contributed by atoms with Crippen LogP contribution in [0.3, 0.4) is 0 Å². The highest BCUT2D eigenvalue weighted by Gasteiger charge is 2.10. The molecule has 0 heterocycles. The second-order valence-corrected chi connectivity index (χ2v) is 9.24. The van der Waals surface area contributed by atoms with Gasteiger partial charge in [0.05, 0.1) is 24.0 Å². The van der Waals surface area contributed by atoms with Gasteiger partial charge in [0.15, 0.2) is 0 Å². The van der Waals surface area contributed by atoms with Gasteiger partial charge in [0.25, 0.3) is 5.69 Å². The van der Waals surface area contributed by atoms with Crippen LogP contribution in [0.25, 0.3) is 10.8 Å². The van der Waals surface area contributed by atoms with Gasteiger partial charge in [0.2, 0.25) is 0 Å². The maximum Gasteiger partial charge on any atom is 0.269 e. The summed E-state index contributed by atoms with van der Waals surface area (Å²) in [5.41, 5.74) is 5.67. The summed E-state index contributed by atoms with van der Waals surface area (Å²) >= 11 is 4.54. The summed E-state index contributed by atoms with van der Waals surface area (Å²) in [6.07, 6.45) is 1.71. The molecule has 0 unspecified atom stereocenters. The quantitative estimate of drug-likeness (QED) is 0.102. The SMILES string of the molecule is O=[N+]([O-])c1ccc(N/N=C/c2cc(I)c(OCc3cccc4ccccc34)c(I)c2)cc1. The van der Waals surface area contributed by atoms with E-state index in [1.165, 1.54) is 22.9 Å². The summed E-state index contributed by atoms with van der Waals surface area (Å²) in [7, 11) is 0. The van der Waals surface area contributed by atoms with Gasteiger partial charge in [-0.15, -0.1) is 0 Å². The Labute approximate surface area is 212 Å². The molecular formula is C24H17I2N3O3. The van der Waals surface area contributed by atoms with Crippen LogP contribution in [-0.4, -0.2) is 11.1 Å². The van der Waals surface area contributed by atoms with Crippen molar-refractivity contribution in [2.24, 2.45) is 5.10 Å². The van der Waals surface area contributed by atoms with Crippen molar-refractivity contribution < 1.29 is 9.66 Å². The van der Waals surface area contributed by atoms with E-state index >= 15 is 0 Å². The topological polar surface area (TPSA) is 76.8 Å². The summed E-state index contributed by atoms with van der Waals surface area (Å²) in [6.45, 7) is 0.489. The van der Waals surface area contributed by atoms with Gasteiger partial charge in [0, 0.05) is 12.1 Å². The zero-order valence-electron chi connectivity index (χ0n) is 16.7. The first-order valence-corrected chi connectivity index (χ1v) is 11.8. The zero-order chi connectivity index (χ0) is 22.5. The van der Waals surface area contributed by atoms with Crippen LogP contribution in [-0.2, 0) is 6.61 Å². The number of anilines is 1. The number of nitrogens with one attached hydrogen (secondary N) is 1. The van der Waals surface area contributed by atoms with Crippen molar-refractivity contribution in [1.82, 2.24) is 0 Å². The molecule has 160 valence electrons. The van der Waals surface area contributed by atoms with Crippen molar-refractivity contribution >= 4 is 73.5 Å². The number of nitro groups is 1. The Morgan fingerprint density at radius 2 is 1.66 bits per heavy atom. The molecule has 0 aliphatic heterocycles. The minimum atomic E-state index is -0.430. The molecule has 0 saturated heterocycles. The molecule has 0 aliphatic rings. The molecule has 0 atom stereocenters. The van der Waals surface area contributed by atoms with Crippen LogP contribution in [0.1, 0.15) is 11.1 Å². The number of nitrogens with zero attached hydrogens (tertiary/aromatic N) is 2. The number of hydrazone groups is 1. The number of halogens is 2. The van der Waals surface area contributed by atoms with Crippen LogP contribution < -0.4 is 10.2 Å². The molecule has 0 aromatic heterocycles. The largest absolute Gasteiger partial charge is 0.487 e. The highest BCUT2D eigenvalue weighted by atomic mass is 127. The van der Waals surface area contributed by atoms with Crippen LogP contribution in [0, 0.1) is 17.3 Å². The van der Waals surface area contributed by atoms with E-state index in [0.717, 1.165) is 24.0 Å². The van der Waals surface area contributed by atoms with Crippen LogP contribution in [0.4, 0.5) is 11.4 Å². The second kappa shape index (κ2) is 10.3. The fraction of sp³-hybridized carbons (Fsp3) is 0.0417. The Balaban J connectivity index is 1.44. The molecule has 0 amide bonds. The van der Waals surface area contributed by atoms with E-state index < -0.39 is 4.92 Å². The molecule has 0 spiro atoms. The van der Waals surface area contributed by atoms with Crippen molar-refractivity contribution in [1.29, 1.82) is 0 Å². The van der Waals surface area contributed by atoms with Crippen molar-refractivity contribution in [3.05, 3.63) is 107 Å². The lowest BCUT2D eigenvalue weighted by Crippen LogP contribution is -2.01. The first kappa shape index (κ1) is 22.5. The van der Waals surface area contributed by atoms with Crippen LogP contribution >= 0.6 is 45.2 Å². The summed E-state index contributed by atoms with van der Waals surface area (Å²) in [6, 6.07) is 24.6. The summed E-state index contributed by atoms with van der Waals surface area (Å²) < 4.78 is 8.18. The van der Waals surface area contributed by atoms with Gasteiger partial charge in [-0.1, -0.05) is 42.5 Å². The van der Waals surface area contributed by atoms with E-state index in [1.54, 1.807) is 18.3 Å². The second-order valence-electron chi connectivity index (χ2n) is 6.91. The third-order valence-electron chi connectivity index (χ3n) is 4.76. The average Bonchev–Trinajstić information content (AvgIpc) is 2.79. The maximum absolute atomic E-state index is 10.7. The van der Waals surface area contributed by atoms with Gasteiger partial charge < -0.3 is 4.74 Å². The molecule has 0 radical (unpaired) electrons. The number of fused-ring (bicyclic) bond motifs is 1. The third kappa shape index (κ3) is 5.36. The molecule has 4 aromatic carbocycles. The number of benzene rings is 4. The fourth-order valence-corrected chi connectivity index (χ4v) is 5.33. The van der Waals surface area contributed by atoms with Crippen LogP contribution in [0.5, 0.6) is 5.75 Å². The van der Waals surface area contributed by atoms with E-state index in [-0.39, 0.29) is 5.69 Å². The number of non-ortho nitro benzene ring substituents is 1. The lowest BCUT2D eigenvalue weighted by molar-refractivity contribution is -0.384. The lowest BCUT2D eigenvalue weighted by Gasteiger charge is -2.13. The van der Waals surface area contributed by atoms with Crippen molar-refractivity contribution in [3.8, 4) is 5.75 Å². The predicted molar refractivity (Wildman–Crippen MR) is 144 cm³/mol. The first-order valence-electron chi connectivity index (χ1n) is 9.63. The van der Waals surface area contributed by atoms with Crippen molar-refractivity contribution in [2.75, 3.05) is 5.43 Å². The fourth-order valence-electron chi connectivity index (χ4n) is 3.20. The number of nitro benzene ring substituents is 1. The van der Waals surface area contributed by atoms with Gasteiger partial charge in [0.1, 0.15) is 12.4 Å². The molecule has 32 heavy (non-hydrogen) atoms. The molecule has 0 fully saturated rings. The molecule has 4 aromatic rings. The maximum atomic E-state index is 10.7. The van der Waals surface area contributed by atoms with E-state index in [0.29, 0.717) is 12.3 Å². The van der Waals surface area contributed by atoms with Gasteiger partial charge in [-0.2, -0.15) is 5.10 Å². The molecular weight excluding hydrogens is 632 g/mol. The molecule has 0 aliphatic carbocycles. The Morgan fingerprint density at radius 1 is 0.969 bits per heavy atom. The standard InChI is InChI=1S/C24H17I2N3O3/c25-22-12-16(14-27-28-19-8-10-20(11-9-19)29(30)31)13-23(26)24(22)32-15-18-6-3-5-17-4-1-2-7-21(17)18/h1-14,28H,15H2/b27-14+.